The van der Waals surface area contributed by atoms with E-state index in [1.165, 1.54) is 24.3 Å². The highest BCUT2D eigenvalue weighted by Crippen LogP contribution is 2.27. The molecule has 0 aromatic heterocycles. The number of carbonyl (C=O) groups is 1. The molecule has 0 radical (unpaired) electrons. The fourth-order valence-corrected chi connectivity index (χ4v) is 7.29. The van der Waals surface area contributed by atoms with Crippen LogP contribution in [0.15, 0.2) is 132 Å². The van der Waals surface area contributed by atoms with Gasteiger partial charge in [0.25, 0.3) is 0 Å². The Balaban J connectivity index is 1.33. The zero-order valence-electron chi connectivity index (χ0n) is 23.6. The van der Waals surface area contributed by atoms with Crippen LogP contribution in [0.3, 0.4) is 0 Å². The predicted molar refractivity (Wildman–Crippen MR) is 168 cm³/mol. The van der Waals surface area contributed by atoms with Gasteiger partial charge in [-0.05, 0) is 53.8 Å². The third-order valence-electron chi connectivity index (χ3n) is 7.17. The highest BCUT2D eigenvalue weighted by atomic mass is 32.2. The van der Waals surface area contributed by atoms with E-state index >= 15 is 0 Å². The molecule has 0 fully saturated rings. The first-order valence-electron chi connectivity index (χ1n) is 13.9. The fourth-order valence-electron chi connectivity index (χ4n) is 5.02. The zero-order valence-corrected chi connectivity index (χ0v) is 25.2. The molecule has 1 heterocycles. The van der Waals surface area contributed by atoms with E-state index in [-0.39, 0.29) is 22.9 Å². The second-order valence-corrected chi connectivity index (χ2v) is 13.5. The Labute approximate surface area is 257 Å². The lowest BCUT2D eigenvalue weighted by atomic mass is 9.88. The van der Waals surface area contributed by atoms with Crippen LogP contribution in [0.1, 0.15) is 29.0 Å². The Morgan fingerprint density at radius 3 is 1.89 bits per heavy atom. The quantitative estimate of drug-likeness (QED) is 0.186. The number of nitrogens with zero attached hydrogens (tertiary/aromatic N) is 1. The Bertz CT molecular complexity index is 1780. The molecular weight excluding hydrogens is 601 g/mol. The molecule has 228 valence electrons. The Morgan fingerprint density at radius 1 is 0.818 bits per heavy atom. The highest BCUT2D eigenvalue weighted by Gasteiger charge is 2.29. The number of rotatable bonds is 12. The molecule has 4 aromatic carbocycles. The molecule has 5 rings (SSSR count). The minimum Gasteiger partial charge on any atom is -0.493 e. The van der Waals surface area contributed by atoms with Crippen LogP contribution < -0.4 is 19.1 Å². The third-order valence-corrected chi connectivity index (χ3v) is 9.96. The van der Waals surface area contributed by atoms with E-state index in [1.807, 2.05) is 65.4 Å². The van der Waals surface area contributed by atoms with E-state index in [0.29, 0.717) is 18.5 Å². The number of nitrogens with one attached hydrogen (secondary N) is 3. The molecule has 4 N–H and O–H groups in total. The summed E-state index contributed by atoms with van der Waals surface area (Å²) in [5.41, 5.74) is 3.05. The predicted octanol–water partition coefficient (Wildman–Crippen LogP) is 3.93. The summed E-state index contributed by atoms with van der Waals surface area (Å²) in [4.78, 5) is 13.6. The van der Waals surface area contributed by atoms with Crippen LogP contribution in [0.5, 0.6) is 0 Å². The topological polar surface area (TPSA) is 145 Å². The first-order valence-corrected chi connectivity index (χ1v) is 16.8. The standard InChI is InChI=1S/C32H32N4O6S2/c37-31-23-36(44(41,42)35-31)27-18-16-24(17-19-27)22-30(34-43(39,40)28-14-8-3-9-15-28)32(38)33-21-20-29(25-10-4-1-5-11-25)26-12-6-2-7-13-26/h1-19,23,29-30,34-35,37H,20-22H2,(H,33,38)/t30-/m0/s1. The maximum absolute atomic E-state index is 13.5. The van der Waals surface area contributed by atoms with Crippen molar-refractivity contribution in [1.82, 2.24) is 14.8 Å². The van der Waals surface area contributed by atoms with Crippen molar-refractivity contribution in [2.75, 3.05) is 10.8 Å². The van der Waals surface area contributed by atoms with Crippen LogP contribution in [0, 0.1) is 0 Å². The number of hydrogen-bond donors (Lipinski definition) is 4. The van der Waals surface area contributed by atoms with Gasteiger partial charge >= 0.3 is 10.2 Å². The van der Waals surface area contributed by atoms with Gasteiger partial charge in [-0.2, -0.15) is 13.1 Å². The molecule has 1 amide bonds. The van der Waals surface area contributed by atoms with Gasteiger partial charge < -0.3 is 10.4 Å². The number of aliphatic hydroxyl groups is 1. The van der Waals surface area contributed by atoms with E-state index in [0.717, 1.165) is 21.6 Å². The zero-order chi connectivity index (χ0) is 31.2. The Kier molecular flexibility index (Phi) is 9.33. The van der Waals surface area contributed by atoms with E-state index in [1.54, 1.807) is 30.3 Å². The van der Waals surface area contributed by atoms with Gasteiger partial charge in [0.05, 0.1) is 16.8 Å². The van der Waals surface area contributed by atoms with Crippen LogP contribution in [0.4, 0.5) is 5.69 Å². The van der Waals surface area contributed by atoms with Crippen molar-refractivity contribution in [3.8, 4) is 0 Å². The van der Waals surface area contributed by atoms with Gasteiger partial charge in [0.2, 0.25) is 21.8 Å². The smallest absolute Gasteiger partial charge is 0.330 e. The summed E-state index contributed by atoms with van der Waals surface area (Å²) >= 11 is 0. The highest BCUT2D eigenvalue weighted by molar-refractivity contribution is 7.91. The fraction of sp³-hybridized carbons (Fsp3) is 0.156. The van der Waals surface area contributed by atoms with Crippen molar-refractivity contribution in [3.05, 3.63) is 144 Å². The Morgan fingerprint density at radius 2 is 1.36 bits per heavy atom. The molecule has 0 unspecified atom stereocenters. The summed E-state index contributed by atoms with van der Waals surface area (Å²) in [5, 5.41) is 12.5. The van der Waals surface area contributed by atoms with Crippen molar-refractivity contribution in [1.29, 1.82) is 0 Å². The summed E-state index contributed by atoms with van der Waals surface area (Å²) in [7, 11) is -8.00. The van der Waals surface area contributed by atoms with Crippen LogP contribution in [-0.4, -0.2) is 40.4 Å². The molecule has 12 heteroatoms. The SMILES string of the molecule is O=C(NCCC(c1ccccc1)c1ccccc1)[C@H](Cc1ccc(N2C=C(O)NS2(=O)=O)cc1)NS(=O)(=O)c1ccccc1. The summed E-state index contributed by atoms with van der Waals surface area (Å²) in [6.07, 6.45) is 1.63. The maximum atomic E-state index is 13.5. The molecule has 1 atom stereocenters. The molecule has 0 spiro atoms. The average molecular weight is 633 g/mol. The Hall–Kier alpha value is -4.65. The third kappa shape index (κ3) is 7.46. The van der Waals surface area contributed by atoms with Gasteiger partial charge in [0, 0.05) is 12.5 Å². The van der Waals surface area contributed by atoms with Crippen molar-refractivity contribution in [2.24, 2.45) is 0 Å². The molecule has 1 aliphatic rings. The van der Waals surface area contributed by atoms with Gasteiger partial charge in [0.1, 0.15) is 6.04 Å². The number of benzene rings is 4. The lowest BCUT2D eigenvalue weighted by Gasteiger charge is -2.21. The van der Waals surface area contributed by atoms with Gasteiger partial charge in [-0.3, -0.25) is 4.79 Å². The molecule has 0 aliphatic carbocycles. The maximum Gasteiger partial charge on any atom is 0.330 e. The molecule has 0 saturated carbocycles. The molecular formula is C32H32N4O6S2. The molecule has 0 saturated heterocycles. The number of aliphatic hydroxyl groups excluding tert-OH is 1. The molecule has 44 heavy (non-hydrogen) atoms. The van der Waals surface area contributed by atoms with Crippen molar-refractivity contribution < 1.29 is 26.7 Å². The van der Waals surface area contributed by atoms with Crippen molar-refractivity contribution in [3.63, 3.8) is 0 Å². The van der Waals surface area contributed by atoms with Crippen LogP contribution >= 0.6 is 0 Å². The first kappa shape index (κ1) is 30.8. The first-order chi connectivity index (χ1) is 21.1. The largest absolute Gasteiger partial charge is 0.493 e. The van der Waals surface area contributed by atoms with Crippen molar-refractivity contribution in [2.45, 2.75) is 29.7 Å². The van der Waals surface area contributed by atoms with Gasteiger partial charge in [-0.15, -0.1) is 0 Å². The van der Waals surface area contributed by atoms with E-state index in [9.17, 15) is 26.7 Å². The minimum atomic E-state index is -4.04. The van der Waals surface area contributed by atoms with Crippen LogP contribution in [-0.2, 0) is 31.4 Å². The second kappa shape index (κ2) is 13.3. The number of amides is 1. The van der Waals surface area contributed by atoms with Crippen molar-refractivity contribution >= 4 is 31.8 Å². The van der Waals surface area contributed by atoms with Crippen LogP contribution in [0.2, 0.25) is 0 Å². The summed E-state index contributed by atoms with van der Waals surface area (Å²) in [6.45, 7) is 0.297. The molecule has 0 bridgehead atoms. The van der Waals surface area contributed by atoms with Gasteiger partial charge in [0.15, 0.2) is 0 Å². The number of anilines is 1. The average Bonchev–Trinajstić information content (AvgIpc) is 3.31. The lowest BCUT2D eigenvalue weighted by Crippen LogP contribution is -2.48. The number of carbonyl (C=O) groups excluding carboxylic acids is 1. The molecule has 4 aromatic rings. The second-order valence-electron chi connectivity index (χ2n) is 10.2. The van der Waals surface area contributed by atoms with E-state index in [2.05, 4.69) is 10.0 Å². The molecule has 10 nitrogen and oxygen atoms in total. The number of hydrogen-bond acceptors (Lipinski definition) is 6. The molecule has 1 aliphatic heterocycles. The summed E-state index contributed by atoms with van der Waals surface area (Å²) < 4.78 is 56.3. The lowest BCUT2D eigenvalue weighted by molar-refractivity contribution is -0.122. The summed E-state index contributed by atoms with van der Waals surface area (Å²) in [5.74, 6) is -0.981. The number of sulfonamides is 1. The van der Waals surface area contributed by atoms with E-state index < -0.39 is 38.1 Å². The normalized spacial score (nSPS) is 14.9. The van der Waals surface area contributed by atoms with Crippen LogP contribution in [0.25, 0.3) is 0 Å². The summed E-state index contributed by atoms with van der Waals surface area (Å²) in [6, 6.07) is 32.8. The van der Waals surface area contributed by atoms with Gasteiger partial charge in [-0.25, -0.2) is 17.4 Å². The monoisotopic (exact) mass is 632 g/mol. The minimum absolute atomic E-state index is 0.00503. The van der Waals surface area contributed by atoms with Gasteiger partial charge in [-0.1, -0.05) is 91.0 Å². The van der Waals surface area contributed by atoms with E-state index in [4.69, 9.17) is 0 Å².